The van der Waals surface area contributed by atoms with Crippen molar-refractivity contribution in [1.82, 2.24) is 25.4 Å². The molecule has 0 amide bonds. The van der Waals surface area contributed by atoms with Crippen LogP contribution in [-0.4, -0.2) is 33.2 Å². The average Bonchev–Trinajstić information content (AvgIpc) is 2.95. The topological polar surface area (TPSA) is 76.7 Å². The molecule has 0 radical (unpaired) electrons. The molecule has 1 aliphatic heterocycles. The molecule has 2 aromatic rings. The van der Waals surface area contributed by atoms with E-state index in [0.717, 1.165) is 31.8 Å². The van der Waals surface area contributed by atoms with Gasteiger partial charge in [-0.15, -0.1) is 0 Å². The molecular weight excluding hydrogens is 254 g/mol. The van der Waals surface area contributed by atoms with Crippen molar-refractivity contribution in [3.8, 4) is 11.5 Å². The van der Waals surface area contributed by atoms with E-state index in [2.05, 4.69) is 25.4 Å². The summed E-state index contributed by atoms with van der Waals surface area (Å²) in [7, 11) is 0. The van der Waals surface area contributed by atoms with Gasteiger partial charge in [-0.05, 0) is 51.3 Å². The van der Waals surface area contributed by atoms with Crippen LogP contribution in [0.2, 0.25) is 0 Å². The van der Waals surface area contributed by atoms with Crippen molar-refractivity contribution in [3.05, 3.63) is 24.0 Å². The summed E-state index contributed by atoms with van der Waals surface area (Å²) in [5.41, 5.74) is 0.715. The predicted molar refractivity (Wildman–Crippen MR) is 74.0 cm³/mol. The third-order valence-electron chi connectivity index (χ3n) is 3.64. The maximum atomic E-state index is 5.31. The zero-order chi connectivity index (χ0) is 13.8. The normalized spacial score (nSPS) is 19.1. The van der Waals surface area contributed by atoms with Crippen molar-refractivity contribution in [2.24, 2.45) is 5.92 Å². The van der Waals surface area contributed by atoms with E-state index < -0.39 is 0 Å². The van der Waals surface area contributed by atoms with Crippen molar-refractivity contribution in [2.75, 3.05) is 13.1 Å². The standard InChI is InChI=1S/C14H19N5O/c1-10-16-8-6-12(17-10)14-18-13(20-19-14)5-4-11-3-2-7-15-9-11/h6,8,11,15H,2-5,7,9H2,1H3. The minimum atomic E-state index is 0.548. The number of aromatic nitrogens is 4. The highest BCUT2D eigenvalue weighted by molar-refractivity contribution is 5.46. The van der Waals surface area contributed by atoms with Crippen LogP contribution in [0.4, 0.5) is 0 Å². The molecule has 1 unspecified atom stereocenters. The number of nitrogens with zero attached hydrogens (tertiary/aromatic N) is 4. The van der Waals surface area contributed by atoms with Gasteiger partial charge in [-0.2, -0.15) is 4.98 Å². The van der Waals surface area contributed by atoms with Crippen LogP contribution < -0.4 is 5.32 Å². The lowest BCUT2D eigenvalue weighted by molar-refractivity contribution is 0.327. The first-order valence-corrected chi connectivity index (χ1v) is 7.14. The van der Waals surface area contributed by atoms with Crippen LogP contribution in [0.3, 0.4) is 0 Å². The van der Waals surface area contributed by atoms with Crippen LogP contribution in [0.5, 0.6) is 0 Å². The third kappa shape index (κ3) is 3.19. The van der Waals surface area contributed by atoms with Gasteiger partial charge in [-0.3, -0.25) is 0 Å². The number of hydrogen-bond acceptors (Lipinski definition) is 6. The van der Waals surface area contributed by atoms with Gasteiger partial charge in [-0.1, -0.05) is 5.16 Å². The third-order valence-corrected chi connectivity index (χ3v) is 3.64. The molecular formula is C14H19N5O. The van der Waals surface area contributed by atoms with Gasteiger partial charge in [0, 0.05) is 12.6 Å². The summed E-state index contributed by atoms with van der Waals surface area (Å²) in [5.74, 6) is 2.68. The smallest absolute Gasteiger partial charge is 0.227 e. The molecule has 0 bridgehead atoms. The van der Waals surface area contributed by atoms with E-state index in [1.807, 2.05) is 6.92 Å². The molecule has 6 nitrogen and oxygen atoms in total. The van der Waals surface area contributed by atoms with E-state index in [1.54, 1.807) is 12.3 Å². The number of nitrogens with one attached hydrogen (secondary N) is 1. The van der Waals surface area contributed by atoms with Gasteiger partial charge >= 0.3 is 0 Å². The van der Waals surface area contributed by atoms with Crippen LogP contribution in [0.25, 0.3) is 11.5 Å². The predicted octanol–water partition coefficient (Wildman–Crippen LogP) is 1.77. The van der Waals surface area contributed by atoms with Gasteiger partial charge in [0.2, 0.25) is 11.7 Å². The fourth-order valence-corrected chi connectivity index (χ4v) is 2.54. The Kier molecular flexibility index (Phi) is 4.01. The summed E-state index contributed by atoms with van der Waals surface area (Å²) in [5, 5.41) is 7.42. The highest BCUT2D eigenvalue weighted by atomic mass is 16.5. The molecule has 0 aliphatic carbocycles. The van der Waals surface area contributed by atoms with E-state index in [0.29, 0.717) is 23.2 Å². The van der Waals surface area contributed by atoms with Gasteiger partial charge in [0.25, 0.3) is 0 Å². The van der Waals surface area contributed by atoms with Crippen molar-refractivity contribution in [1.29, 1.82) is 0 Å². The van der Waals surface area contributed by atoms with Gasteiger partial charge in [0.05, 0.1) is 0 Å². The molecule has 0 aromatic carbocycles. The zero-order valence-corrected chi connectivity index (χ0v) is 11.7. The van der Waals surface area contributed by atoms with Gasteiger partial charge in [-0.25, -0.2) is 9.97 Å². The summed E-state index contributed by atoms with van der Waals surface area (Å²) in [6, 6.07) is 1.80. The molecule has 1 N–H and O–H groups in total. The molecule has 20 heavy (non-hydrogen) atoms. The Morgan fingerprint density at radius 2 is 2.35 bits per heavy atom. The van der Waals surface area contributed by atoms with Crippen LogP contribution >= 0.6 is 0 Å². The van der Waals surface area contributed by atoms with Gasteiger partial charge in [0.1, 0.15) is 11.5 Å². The molecule has 2 aromatic heterocycles. The second-order valence-corrected chi connectivity index (χ2v) is 5.25. The molecule has 0 saturated carbocycles. The van der Waals surface area contributed by atoms with E-state index in [4.69, 9.17) is 4.52 Å². The number of rotatable bonds is 4. The molecule has 106 valence electrons. The highest BCUT2D eigenvalue weighted by Gasteiger charge is 2.15. The van der Waals surface area contributed by atoms with E-state index in [1.165, 1.54) is 12.8 Å². The molecule has 6 heteroatoms. The molecule has 1 fully saturated rings. The molecule has 1 atom stereocenters. The lowest BCUT2D eigenvalue weighted by Crippen LogP contribution is -2.29. The Balaban J connectivity index is 1.61. The second kappa shape index (κ2) is 6.09. The average molecular weight is 273 g/mol. The summed E-state index contributed by atoms with van der Waals surface area (Å²) in [6.45, 7) is 4.10. The second-order valence-electron chi connectivity index (χ2n) is 5.25. The molecule has 3 rings (SSSR count). The minimum Gasteiger partial charge on any atom is -0.339 e. The first-order valence-electron chi connectivity index (χ1n) is 7.14. The van der Waals surface area contributed by atoms with Crippen molar-refractivity contribution < 1.29 is 4.52 Å². The Morgan fingerprint density at radius 3 is 3.15 bits per heavy atom. The first-order chi connectivity index (χ1) is 9.81. The minimum absolute atomic E-state index is 0.548. The SMILES string of the molecule is Cc1nccc(-c2noc(CCC3CCCNC3)n2)n1. The maximum absolute atomic E-state index is 5.31. The van der Waals surface area contributed by atoms with Crippen LogP contribution in [-0.2, 0) is 6.42 Å². The van der Waals surface area contributed by atoms with Crippen LogP contribution in [0.15, 0.2) is 16.8 Å². The number of piperidine rings is 1. The first kappa shape index (κ1) is 13.2. The summed E-state index contributed by atoms with van der Waals surface area (Å²) >= 11 is 0. The quantitative estimate of drug-likeness (QED) is 0.914. The maximum Gasteiger partial charge on any atom is 0.227 e. The fourth-order valence-electron chi connectivity index (χ4n) is 2.54. The fraction of sp³-hybridized carbons (Fsp3) is 0.571. The van der Waals surface area contributed by atoms with E-state index in [9.17, 15) is 0 Å². The van der Waals surface area contributed by atoms with E-state index in [-0.39, 0.29) is 0 Å². The summed E-state index contributed by atoms with van der Waals surface area (Å²) in [4.78, 5) is 12.8. The Morgan fingerprint density at radius 1 is 1.40 bits per heavy atom. The molecule has 0 spiro atoms. The number of hydrogen-bond donors (Lipinski definition) is 1. The van der Waals surface area contributed by atoms with Gasteiger partial charge in [0.15, 0.2) is 0 Å². The van der Waals surface area contributed by atoms with Gasteiger partial charge < -0.3 is 9.84 Å². The number of aryl methyl sites for hydroxylation is 2. The Labute approximate surface area is 118 Å². The molecule has 1 aliphatic rings. The van der Waals surface area contributed by atoms with Crippen molar-refractivity contribution >= 4 is 0 Å². The summed E-state index contributed by atoms with van der Waals surface area (Å²) < 4.78 is 5.31. The largest absolute Gasteiger partial charge is 0.339 e. The van der Waals surface area contributed by atoms with Crippen molar-refractivity contribution in [2.45, 2.75) is 32.6 Å². The monoisotopic (exact) mass is 273 g/mol. The zero-order valence-electron chi connectivity index (χ0n) is 11.7. The molecule has 1 saturated heterocycles. The lowest BCUT2D eigenvalue weighted by atomic mass is 9.95. The van der Waals surface area contributed by atoms with Crippen LogP contribution in [0.1, 0.15) is 31.0 Å². The Hall–Kier alpha value is -1.82. The highest BCUT2D eigenvalue weighted by Crippen LogP contribution is 2.18. The summed E-state index contributed by atoms with van der Waals surface area (Å²) in [6.07, 6.45) is 6.20. The Bertz CT molecular complexity index is 562. The van der Waals surface area contributed by atoms with Crippen LogP contribution in [0, 0.1) is 12.8 Å². The lowest BCUT2D eigenvalue weighted by Gasteiger charge is -2.21. The van der Waals surface area contributed by atoms with Crippen molar-refractivity contribution in [3.63, 3.8) is 0 Å². The molecule has 3 heterocycles. The van der Waals surface area contributed by atoms with E-state index >= 15 is 0 Å².